The molecule has 1 heterocycles. The van der Waals surface area contributed by atoms with Crippen molar-refractivity contribution in [2.75, 3.05) is 4.90 Å². The first-order valence-electron chi connectivity index (χ1n) is 8.15. The second-order valence-corrected chi connectivity index (χ2v) is 5.92. The van der Waals surface area contributed by atoms with E-state index >= 15 is 0 Å². The van der Waals surface area contributed by atoms with Gasteiger partial charge >= 0.3 is 0 Å². The minimum Gasteiger partial charge on any atom is -0.471 e. The lowest BCUT2D eigenvalue weighted by molar-refractivity contribution is 0.174. The lowest BCUT2D eigenvalue weighted by atomic mass is 10.0. The summed E-state index contributed by atoms with van der Waals surface area (Å²) >= 11 is 0. The Morgan fingerprint density at radius 1 is 0.750 bits per heavy atom. The summed E-state index contributed by atoms with van der Waals surface area (Å²) in [7, 11) is 0. The van der Waals surface area contributed by atoms with Crippen LogP contribution >= 0.6 is 0 Å². The number of anilines is 1. The van der Waals surface area contributed by atoms with Gasteiger partial charge in [-0.1, -0.05) is 72.8 Å². The third kappa shape index (κ3) is 2.56. The molecule has 0 spiro atoms. The Hall–Kier alpha value is -3.00. The van der Waals surface area contributed by atoms with Crippen LogP contribution in [-0.4, -0.2) is 0 Å². The van der Waals surface area contributed by atoms with Crippen LogP contribution in [0.3, 0.4) is 0 Å². The highest BCUT2D eigenvalue weighted by molar-refractivity contribution is 5.81. The molecular weight excluding hydrogens is 294 g/mol. The summed E-state index contributed by atoms with van der Waals surface area (Å²) in [6, 6.07) is 29.2. The van der Waals surface area contributed by atoms with Crippen LogP contribution < -0.4 is 4.90 Å². The summed E-state index contributed by atoms with van der Waals surface area (Å²) in [4.78, 5) is 2.26. The molecule has 0 N–H and O–H groups in total. The van der Waals surface area contributed by atoms with Gasteiger partial charge in [-0.3, -0.25) is 4.90 Å². The van der Waals surface area contributed by atoms with Crippen LogP contribution in [-0.2, 0) is 4.74 Å². The molecule has 1 atom stereocenters. The van der Waals surface area contributed by atoms with Gasteiger partial charge in [0.15, 0.2) is 0 Å². The highest BCUT2D eigenvalue weighted by atomic mass is 16.5. The van der Waals surface area contributed by atoms with E-state index in [9.17, 15) is 0 Å². The number of hydrogen-bond acceptors (Lipinski definition) is 2. The molecule has 0 saturated carbocycles. The van der Waals surface area contributed by atoms with E-state index in [1.54, 1.807) is 0 Å². The Balaban J connectivity index is 1.81. The van der Waals surface area contributed by atoms with Crippen molar-refractivity contribution in [3.05, 3.63) is 108 Å². The number of hydrogen-bond donors (Lipinski definition) is 0. The second-order valence-electron chi connectivity index (χ2n) is 5.92. The van der Waals surface area contributed by atoms with Crippen molar-refractivity contribution in [2.24, 2.45) is 0 Å². The molecule has 0 bridgehead atoms. The monoisotopic (exact) mass is 313 g/mol. The third-order valence-electron chi connectivity index (χ3n) is 4.36. The summed E-state index contributed by atoms with van der Waals surface area (Å²) in [5.74, 6) is 0. The summed E-state index contributed by atoms with van der Waals surface area (Å²) in [5.41, 5.74) is 5.76. The van der Waals surface area contributed by atoms with Crippen LogP contribution in [0.2, 0.25) is 0 Å². The van der Waals surface area contributed by atoms with Crippen molar-refractivity contribution in [1.82, 2.24) is 0 Å². The molecular formula is C22H19NO. The molecule has 0 radical (unpaired) electrons. The predicted molar refractivity (Wildman–Crippen MR) is 98.3 cm³/mol. The highest BCUT2D eigenvalue weighted by Crippen LogP contribution is 2.41. The summed E-state index contributed by atoms with van der Waals surface area (Å²) < 4.78 is 6.12. The molecule has 4 rings (SSSR count). The molecule has 3 aromatic rings. The van der Waals surface area contributed by atoms with Gasteiger partial charge in [0.2, 0.25) is 6.23 Å². The van der Waals surface area contributed by atoms with E-state index in [2.05, 4.69) is 84.6 Å². The molecule has 24 heavy (non-hydrogen) atoms. The quantitative estimate of drug-likeness (QED) is 0.630. The summed E-state index contributed by atoms with van der Waals surface area (Å²) in [6.45, 7) is 2.13. The molecule has 1 unspecified atom stereocenters. The molecule has 1 aliphatic rings. The zero-order valence-electron chi connectivity index (χ0n) is 13.6. The fourth-order valence-corrected chi connectivity index (χ4v) is 3.13. The van der Waals surface area contributed by atoms with Crippen LogP contribution in [0.4, 0.5) is 5.69 Å². The van der Waals surface area contributed by atoms with Crippen LogP contribution in [0, 0.1) is 6.92 Å². The number of rotatable bonds is 3. The van der Waals surface area contributed by atoms with Gasteiger partial charge in [0.25, 0.3) is 0 Å². The smallest absolute Gasteiger partial charge is 0.202 e. The van der Waals surface area contributed by atoms with Gasteiger partial charge in [-0.05, 0) is 24.6 Å². The second kappa shape index (κ2) is 6.25. The first kappa shape index (κ1) is 14.6. The fraction of sp³-hybridized carbons (Fsp3) is 0.0909. The van der Waals surface area contributed by atoms with E-state index in [-0.39, 0.29) is 6.23 Å². The molecule has 3 aromatic carbocycles. The van der Waals surface area contributed by atoms with Crippen molar-refractivity contribution in [1.29, 1.82) is 0 Å². The van der Waals surface area contributed by atoms with Crippen molar-refractivity contribution in [3.8, 4) is 0 Å². The predicted octanol–water partition coefficient (Wildman–Crippen LogP) is 5.53. The Morgan fingerprint density at radius 3 is 2.08 bits per heavy atom. The van der Waals surface area contributed by atoms with Gasteiger partial charge in [0, 0.05) is 16.8 Å². The summed E-state index contributed by atoms with van der Waals surface area (Å²) in [5, 5.41) is 0. The van der Waals surface area contributed by atoms with Crippen molar-refractivity contribution in [2.45, 2.75) is 13.2 Å². The average molecular weight is 313 g/mol. The number of para-hydroxylation sites is 1. The van der Waals surface area contributed by atoms with Crippen molar-refractivity contribution >= 4 is 11.4 Å². The average Bonchev–Trinajstić information content (AvgIpc) is 3.08. The Bertz CT molecular complexity index is 855. The summed E-state index contributed by atoms with van der Waals surface area (Å²) in [6.07, 6.45) is 1.73. The number of ether oxygens (including phenoxy) is 1. The van der Waals surface area contributed by atoms with Gasteiger partial charge < -0.3 is 4.74 Å². The Kier molecular flexibility index (Phi) is 3.80. The number of benzene rings is 3. The van der Waals surface area contributed by atoms with Gasteiger partial charge in [-0.25, -0.2) is 0 Å². The normalized spacial score (nSPS) is 16.6. The lowest BCUT2D eigenvalue weighted by Crippen LogP contribution is -2.24. The first-order chi connectivity index (χ1) is 11.8. The minimum atomic E-state index is -0.149. The molecule has 2 nitrogen and oxygen atoms in total. The molecule has 0 amide bonds. The molecule has 0 aromatic heterocycles. The van der Waals surface area contributed by atoms with E-state index in [4.69, 9.17) is 4.74 Å². The highest BCUT2D eigenvalue weighted by Gasteiger charge is 2.32. The molecule has 1 aliphatic heterocycles. The zero-order valence-corrected chi connectivity index (χ0v) is 13.6. The SMILES string of the molecule is Cc1ccccc1C1OC=C(c2ccccc2)N1c1ccccc1. The van der Waals surface area contributed by atoms with Crippen LogP contribution in [0.5, 0.6) is 0 Å². The third-order valence-corrected chi connectivity index (χ3v) is 4.36. The van der Waals surface area contributed by atoms with E-state index in [0.29, 0.717) is 0 Å². The standard InChI is InChI=1S/C22H19NO/c1-17-10-8-9-15-20(17)22-23(19-13-6-3-7-14-19)21(16-24-22)18-11-4-2-5-12-18/h2-16,22H,1H3. The van der Waals surface area contributed by atoms with E-state index in [1.807, 2.05) is 18.4 Å². The Morgan fingerprint density at radius 2 is 1.38 bits per heavy atom. The molecule has 2 heteroatoms. The fourth-order valence-electron chi connectivity index (χ4n) is 3.13. The number of aryl methyl sites for hydroxylation is 1. The first-order valence-corrected chi connectivity index (χ1v) is 8.15. The minimum absolute atomic E-state index is 0.149. The maximum absolute atomic E-state index is 6.12. The van der Waals surface area contributed by atoms with Gasteiger partial charge in [0.05, 0.1) is 5.70 Å². The van der Waals surface area contributed by atoms with Crippen molar-refractivity contribution < 1.29 is 4.74 Å². The van der Waals surface area contributed by atoms with E-state index < -0.39 is 0 Å². The molecule has 0 fully saturated rings. The largest absolute Gasteiger partial charge is 0.471 e. The molecule has 0 saturated heterocycles. The molecule has 0 aliphatic carbocycles. The van der Waals surface area contributed by atoms with Crippen LogP contribution in [0.15, 0.2) is 91.2 Å². The van der Waals surface area contributed by atoms with Gasteiger partial charge in [0.1, 0.15) is 6.26 Å². The van der Waals surface area contributed by atoms with Gasteiger partial charge in [-0.2, -0.15) is 0 Å². The topological polar surface area (TPSA) is 12.5 Å². The van der Waals surface area contributed by atoms with E-state index in [0.717, 1.165) is 16.9 Å². The maximum atomic E-state index is 6.12. The molecule has 118 valence electrons. The number of nitrogens with zero attached hydrogens (tertiary/aromatic N) is 1. The zero-order chi connectivity index (χ0) is 16.4. The van der Waals surface area contributed by atoms with Crippen LogP contribution in [0.25, 0.3) is 5.70 Å². The van der Waals surface area contributed by atoms with Crippen LogP contribution in [0.1, 0.15) is 22.9 Å². The van der Waals surface area contributed by atoms with Gasteiger partial charge in [-0.15, -0.1) is 0 Å². The maximum Gasteiger partial charge on any atom is 0.202 e. The van der Waals surface area contributed by atoms with Crippen molar-refractivity contribution in [3.63, 3.8) is 0 Å². The van der Waals surface area contributed by atoms with E-state index in [1.165, 1.54) is 11.1 Å². The Labute approximate surface area is 142 Å². The lowest BCUT2D eigenvalue weighted by Gasteiger charge is -2.29.